The molecular weight excluding hydrogens is 372 g/mol. The van der Waals surface area contributed by atoms with Crippen LogP contribution in [0.5, 0.6) is 0 Å². The molecule has 1 unspecified atom stereocenters. The highest BCUT2D eigenvalue weighted by Gasteiger charge is 2.18. The van der Waals surface area contributed by atoms with Crippen LogP contribution in [-0.4, -0.2) is 25.8 Å². The summed E-state index contributed by atoms with van der Waals surface area (Å²) in [5.74, 6) is 0.171. The molecule has 0 fully saturated rings. The minimum absolute atomic E-state index is 0.182. The van der Waals surface area contributed by atoms with E-state index in [1.807, 2.05) is 42.6 Å². The number of thiophene rings is 1. The number of anilines is 1. The van der Waals surface area contributed by atoms with E-state index in [2.05, 4.69) is 30.6 Å². The van der Waals surface area contributed by atoms with Crippen molar-refractivity contribution >= 4 is 33.4 Å². The maximum Gasteiger partial charge on any atom is 0.272 e. The predicted octanol–water partition coefficient (Wildman–Crippen LogP) is 3.58. The molecule has 2 N–H and O–H groups in total. The molecule has 28 heavy (non-hydrogen) atoms. The van der Waals surface area contributed by atoms with Gasteiger partial charge in [0, 0.05) is 31.3 Å². The number of aromatic nitrogens is 4. The lowest BCUT2D eigenvalue weighted by molar-refractivity contribution is 0.0937. The standard InChI is InChI=1S/C20H18N6OS/c1-13(15-5-3-8-22-12-15)24-19(27)17-18-16(6-9-28-18)25-20(26-17)23-11-14-4-2-7-21-10-14/h2-10,12-13H,11H2,1H3,(H,24,27)(H,23,25,26). The predicted molar refractivity (Wildman–Crippen MR) is 109 cm³/mol. The highest BCUT2D eigenvalue weighted by Crippen LogP contribution is 2.24. The second kappa shape index (κ2) is 8.10. The van der Waals surface area contributed by atoms with Crippen molar-refractivity contribution in [2.45, 2.75) is 19.5 Å². The highest BCUT2D eigenvalue weighted by molar-refractivity contribution is 7.17. The molecule has 0 radical (unpaired) electrons. The van der Waals surface area contributed by atoms with Crippen molar-refractivity contribution in [3.63, 3.8) is 0 Å². The Morgan fingerprint density at radius 3 is 2.68 bits per heavy atom. The van der Waals surface area contributed by atoms with E-state index >= 15 is 0 Å². The van der Waals surface area contributed by atoms with Crippen molar-refractivity contribution in [1.29, 1.82) is 0 Å². The number of hydrogen-bond acceptors (Lipinski definition) is 7. The van der Waals surface area contributed by atoms with Crippen LogP contribution in [0.1, 0.15) is 34.6 Å². The lowest BCUT2D eigenvalue weighted by atomic mass is 10.1. The minimum atomic E-state index is -0.240. The summed E-state index contributed by atoms with van der Waals surface area (Å²) < 4.78 is 0.766. The minimum Gasteiger partial charge on any atom is -0.350 e. The number of nitrogens with zero attached hydrogens (tertiary/aromatic N) is 4. The molecule has 4 aromatic heterocycles. The normalized spacial score (nSPS) is 11.9. The first kappa shape index (κ1) is 18.0. The van der Waals surface area contributed by atoms with Gasteiger partial charge in [-0.1, -0.05) is 12.1 Å². The summed E-state index contributed by atoms with van der Waals surface area (Å²) in [7, 11) is 0. The molecule has 140 valence electrons. The highest BCUT2D eigenvalue weighted by atomic mass is 32.1. The van der Waals surface area contributed by atoms with Crippen LogP contribution in [0.25, 0.3) is 10.2 Å². The van der Waals surface area contributed by atoms with E-state index in [0.717, 1.165) is 21.3 Å². The van der Waals surface area contributed by atoms with Crippen molar-refractivity contribution in [1.82, 2.24) is 25.3 Å². The molecule has 0 saturated carbocycles. The first-order chi connectivity index (χ1) is 13.7. The SMILES string of the molecule is CC(NC(=O)c1nc(NCc2cccnc2)nc2ccsc12)c1cccnc1. The Balaban J connectivity index is 1.57. The molecular formula is C20H18N6OS. The topological polar surface area (TPSA) is 92.7 Å². The first-order valence-electron chi connectivity index (χ1n) is 8.79. The van der Waals surface area contributed by atoms with E-state index in [4.69, 9.17) is 0 Å². The Bertz CT molecular complexity index is 1080. The van der Waals surface area contributed by atoms with Gasteiger partial charge in [0.05, 0.1) is 16.3 Å². The maximum atomic E-state index is 12.9. The van der Waals surface area contributed by atoms with Gasteiger partial charge in [0.25, 0.3) is 5.91 Å². The molecule has 0 saturated heterocycles. The molecule has 1 atom stereocenters. The van der Waals surface area contributed by atoms with Gasteiger partial charge in [0.1, 0.15) is 0 Å². The van der Waals surface area contributed by atoms with Crippen LogP contribution in [0, 0.1) is 0 Å². The van der Waals surface area contributed by atoms with Crippen LogP contribution in [-0.2, 0) is 6.54 Å². The maximum absolute atomic E-state index is 12.9. The zero-order valence-corrected chi connectivity index (χ0v) is 16.0. The summed E-state index contributed by atoms with van der Waals surface area (Å²) in [4.78, 5) is 30.1. The Labute approximate surface area is 165 Å². The van der Waals surface area contributed by atoms with E-state index in [0.29, 0.717) is 18.2 Å². The Hall–Kier alpha value is -3.39. The van der Waals surface area contributed by atoms with Crippen LogP contribution >= 0.6 is 11.3 Å². The average molecular weight is 390 g/mol. The number of carbonyl (C=O) groups is 1. The number of hydrogen-bond donors (Lipinski definition) is 2. The first-order valence-corrected chi connectivity index (χ1v) is 9.67. The van der Waals surface area contributed by atoms with Gasteiger partial charge in [-0.2, -0.15) is 0 Å². The fraction of sp³-hybridized carbons (Fsp3) is 0.150. The molecule has 4 rings (SSSR count). The summed E-state index contributed by atoms with van der Waals surface area (Å²) in [6.45, 7) is 2.44. The van der Waals surface area contributed by atoms with Crippen molar-refractivity contribution in [3.8, 4) is 0 Å². The van der Waals surface area contributed by atoms with Crippen LogP contribution in [0.15, 0.2) is 60.5 Å². The smallest absolute Gasteiger partial charge is 0.272 e. The van der Waals surface area contributed by atoms with Gasteiger partial charge >= 0.3 is 0 Å². The number of fused-ring (bicyclic) bond motifs is 1. The van der Waals surface area contributed by atoms with Crippen molar-refractivity contribution in [2.24, 2.45) is 0 Å². The largest absolute Gasteiger partial charge is 0.350 e. The third kappa shape index (κ3) is 3.96. The Morgan fingerprint density at radius 2 is 1.93 bits per heavy atom. The lowest BCUT2D eigenvalue weighted by Crippen LogP contribution is -2.28. The van der Waals surface area contributed by atoms with E-state index in [9.17, 15) is 4.79 Å². The van der Waals surface area contributed by atoms with Gasteiger partial charge in [-0.15, -0.1) is 11.3 Å². The second-order valence-corrected chi connectivity index (χ2v) is 7.14. The molecule has 0 aliphatic carbocycles. The molecule has 0 aromatic carbocycles. The van der Waals surface area contributed by atoms with Gasteiger partial charge in [0.2, 0.25) is 5.95 Å². The zero-order valence-electron chi connectivity index (χ0n) is 15.2. The monoisotopic (exact) mass is 390 g/mol. The average Bonchev–Trinajstić information content (AvgIpc) is 3.21. The van der Waals surface area contributed by atoms with Crippen LogP contribution in [0.4, 0.5) is 5.95 Å². The van der Waals surface area contributed by atoms with Gasteiger partial charge in [0.15, 0.2) is 5.69 Å². The van der Waals surface area contributed by atoms with Gasteiger partial charge in [-0.05, 0) is 41.6 Å². The summed E-state index contributed by atoms with van der Waals surface area (Å²) in [5.41, 5.74) is 3.05. The fourth-order valence-corrected chi connectivity index (χ4v) is 3.58. The van der Waals surface area contributed by atoms with Gasteiger partial charge in [-0.3, -0.25) is 14.8 Å². The summed E-state index contributed by atoms with van der Waals surface area (Å²) in [6.07, 6.45) is 6.95. The van der Waals surface area contributed by atoms with E-state index in [-0.39, 0.29) is 11.9 Å². The number of carbonyl (C=O) groups excluding carboxylic acids is 1. The molecule has 0 aliphatic heterocycles. The number of nitrogens with one attached hydrogen (secondary N) is 2. The molecule has 8 heteroatoms. The van der Waals surface area contributed by atoms with Crippen LogP contribution < -0.4 is 10.6 Å². The number of amides is 1. The van der Waals surface area contributed by atoms with Crippen LogP contribution in [0.3, 0.4) is 0 Å². The number of pyridine rings is 2. The molecule has 0 bridgehead atoms. The van der Waals surface area contributed by atoms with Gasteiger partial charge in [-0.25, -0.2) is 9.97 Å². The second-order valence-electron chi connectivity index (χ2n) is 6.23. The molecule has 0 aliphatic rings. The Kier molecular flexibility index (Phi) is 5.20. The van der Waals surface area contributed by atoms with E-state index < -0.39 is 0 Å². The fourth-order valence-electron chi connectivity index (χ4n) is 2.76. The molecule has 7 nitrogen and oxygen atoms in total. The van der Waals surface area contributed by atoms with E-state index in [1.54, 1.807) is 24.8 Å². The van der Waals surface area contributed by atoms with E-state index in [1.165, 1.54) is 11.3 Å². The third-order valence-corrected chi connectivity index (χ3v) is 5.13. The molecule has 1 amide bonds. The summed E-state index contributed by atoms with van der Waals surface area (Å²) in [6, 6.07) is 9.32. The van der Waals surface area contributed by atoms with Crippen molar-refractivity contribution in [3.05, 3.63) is 77.3 Å². The van der Waals surface area contributed by atoms with Crippen molar-refractivity contribution in [2.75, 3.05) is 5.32 Å². The third-order valence-electron chi connectivity index (χ3n) is 4.22. The number of rotatable bonds is 6. The van der Waals surface area contributed by atoms with Gasteiger partial charge < -0.3 is 10.6 Å². The summed E-state index contributed by atoms with van der Waals surface area (Å²) >= 11 is 1.45. The van der Waals surface area contributed by atoms with Crippen LogP contribution in [0.2, 0.25) is 0 Å². The quantitative estimate of drug-likeness (QED) is 0.523. The zero-order chi connectivity index (χ0) is 19.3. The molecule has 4 heterocycles. The Morgan fingerprint density at radius 1 is 1.11 bits per heavy atom. The van der Waals surface area contributed by atoms with Crippen molar-refractivity contribution < 1.29 is 4.79 Å². The lowest BCUT2D eigenvalue weighted by Gasteiger charge is -2.14. The molecule has 0 spiro atoms. The summed E-state index contributed by atoms with van der Waals surface area (Å²) in [5, 5.41) is 8.08. The molecule has 4 aromatic rings.